The maximum absolute atomic E-state index is 13.3. The van der Waals surface area contributed by atoms with Crippen molar-refractivity contribution in [3.8, 4) is 0 Å². The van der Waals surface area contributed by atoms with Gasteiger partial charge in [0, 0.05) is 5.69 Å². The van der Waals surface area contributed by atoms with Gasteiger partial charge < -0.3 is 15.4 Å². The molecule has 2 aliphatic rings. The van der Waals surface area contributed by atoms with E-state index in [4.69, 9.17) is 0 Å². The molecule has 1 fully saturated rings. The zero-order valence-corrected chi connectivity index (χ0v) is 16.9. The van der Waals surface area contributed by atoms with E-state index in [0.717, 1.165) is 0 Å². The number of hydrogen-bond donors (Lipinski definition) is 3. The maximum Gasteiger partial charge on any atom is 0.413 e. The highest BCUT2D eigenvalue weighted by atomic mass is 32.2. The van der Waals surface area contributed by atoms with Gasteiger partial charge in [0.2, 0.25) is 11.8 Å². The number of alkyl carbamates (subject to hydrolysis) is 1. The third-order valence-electron chi connectivity index (χ3n) is 5.06. The molecule has 0 saturated carbocycles. The van der Waals surface area contributed by atoms with Gasteiger partial charge in [-0.05, 0) is 37.1 Å². The number of para-hydroxylation sites is 1. The van der Waals surface area contributed by atoms with Crippen LogP contribution in [0, 0.1) is 5.92 Å². The Morgan fingerprint density at radius 3 is 2.67 bits per heavy atom. The van der Waals surface area contributed by atoms with Gasteiger partial charge in [-0.15, -0.1) is 11.8 Å². The number of nitrogens with one attached hydrogen (secondary N) is 3. The second-order valence-corrected chi connectivity index (χ2v) is 8.27. The number of thioether (sulfide) groups is 1. The SMILES string of the molecule is CCOC(=O)NC(=O)C1CCSC1NC(=O)C1CC(C(F)(F)F)Nc2ccccc21. The van der Waals surface area contributed by atoms with E-state index in [2.05, 4.69) is 20.7 Å². The van der Waals surface area contributed by atoms with Crippen LogP contribution in [0.3, 0.4) is 0 Å². The predicted octanol–water partition coefficient (Wildman–Crippen LogP) is 2.98. The van der Waals surface area contributed by atoms with Crippen LogP contribution < -0.4 is 16.0 Å². The van der Waals surface area contributed by atoms with E-state index in [1.165, 1.54) is 17.8 Å². The van der Waals surface area contributed by atoms with Crippen molar-refractivity contribution in [1.29, 1.82) is 0 Å². The number of benzene rings is 1. The number of halogens is 3. The van der Waals surface area contributed by atoms with Gasteiger partial charge in [0.05, 0.1) is 23.8 Å². The fourth-order valence-electron chi connectivity index (χ4n) is 3.61. The van der Waals surface area contributed by atoms with Gasteiger partial charge in [-0.25, -0.2) is 4.79 Å². The molecule has 4 unspecified atom stereocenters. The van der Waals surface area contributed by atoms with Crippen LogP contribution in [0.25, 0.3) is 0 Å². The van der Waals surface area contributed by atoms with E-state index in [-0.39, 0.29) is 12.3 Å². The number of imide groups is 1. The van der Waals surface area contributed by atoms with E-state index in [1.54, 1.807) is 25.1 Å². The number of ether oxygens (including phenoxy) is 1. The summed E-state index contributed by atoms with van der Waals surface area (Å²) in [7, 11) is 0. The Bertz CT molecular complexity index is 820. The Kier molecular flexibility index (Phi) is 6.79. The zero-order chi connectivity index (χ0) is 21.9. The van der Waals surface area contributed by atoms with Crippen LogP contribution >= 0.6 is 11.8 Å². The van der Waals surface area contributed by atoms with Crippen LogP contribution in [0.15, 0.2) is 24.3 Å². The van der Waals surface area contributed by atoms with E-state index in [0.29, 0.717) is 17.7 Å². The van der Waals surface area contributed by atoms with Gasteiger partial charge in [-0.2, -0.15) is 13.2 Å². The Morgan fingerprint density at radius 2 is 1.97 bits per heavy atom. The van der Waals surface area contributed by atoms with Crippen molar-refractivity contribution in [2.24, 2.45) is 5.92 Å². The number of anilines is 1. The molecule has 1 saturated heterocycles. The molecular formula is C19H22F3N3O4S. The summed E-state index contributed by atoms with van der Waals surface area (Å²) >= 11 is 1.32. The minimum atomic E-state index is -4.50. The third-order valence-corrected chi connectivity index (χ3v) is 6.34. The molecule has 1 aromatic carbocycles. The van der Waals surface area contributed by atoms with Crippen LogP contribution in [-0.2, 0) is 14.3 Å². The molecular weight excluding hydrogens is 423 g/mol. The molecule has 0 spiro atoms. The highest BCUT2D eigenvalue weighted by Crippen LogP contribution is 2.40. The molecule has 11 heteroatoms. The summed E-state index contributed by atoms with van der Waals surface area (Å²) in [4.78, 5) is 36.8. The summed E-state index contributed by atoms with van der Waals surface area (Å²) in [5, 5.41) is 6.65. The average Bonchev–Trinajstić information content (AvgIpc) is 3.14. The molecule has 0 aromatic heterocycles. The fourth-order valence-corrected chi connectivity index (χ4v) is 4.94. The summed E-state index contributed by atoms with van der Waals surface area (Å²) < 4.78 is 44.7. The summed E-state index contributed by atoms with van der Waals surface area (Å²) in [5.74, 6) is -2.28. The second kappa shape index (κ2) is 9.15. The lowest BCUT2D eigenvalue weighted by atomic mass is 9.86. The standard InChI is InChI=1S/C19H22F3N3O4S/c1-2-29-18(28)25-15(26)11-7-8-30-17(11)24-16(27)12-9-14(19(20,21)22)23-13-6-4-3-5-10(12)13/h3-6,11-12,14,17,23H,2,7-9H2,1H3,(H,24,27)(H,25,26,28). The number of amides is 3. The number of hydrogen-bond acceptors (Lipinski definition) is 6. The minimum Gasteiger partial charge on any atom is -0.450 e. The summed E-state index contributed by atoms with van der Waals surface area (Å²) in [6.45, 7) is 1.71. The molecule has 0 aliphatic carbocycles. The van der Waals surface area contributed by atoms with Crippen LogP contribution in [0.4, 0.5) is 23.7 Å². The first-order valence-corrected chi connectivity index (χ1v) is 10.6. The second-order valence-electron chi connectivity index (χ2n) is 7.02. The van der Waals surface area contributed by atoms with Crippen molar-refractivity contribution in [2.45, 2.75) is 43.3 Å². The van der Waals surface area contributed by atoms with Crippen molar-refractivity contribution in [3.05, 3.63) is 29.8 Å². The number of fused-ring (bicyclic) bond motifs is 1. The first kappa shape index (κ1) is 22.3. The van der Waals surface area contributed by atoms with Crippen molar-refractivity contribution in [2.75, 3.05) is 17.7 Å². The molecule has 3 N–H and O–H groups in total. The minimum absolute atomic E-state index is 0.105. The molecule has 2 heterocycles. The number of carbonyl (C=O) groups is 3. The Morgan fingerprint density at radius 1 is 1.23 bits per heavy atom. The number of carbonyl (C=O) groups excluding carboxylic acids is 3. The molecule has 30 heavy (non-hydrogen) atoms. The van der Waals surface area contributed by atoms with Gasteiger partial charge in [-0.1, -0.05) is 18.2 Å². The molecule has 3 rings (SSSR count). The predicted molar refractivity (Wildman–Crippen MR) is 105 cm³/mol. The molecule has 3 amide bonds. The largest absolute Gasteiger partial charge is 0.450 e. The smallest absolute Gasteiger partial charge is 0.413 e. The van der Waals surface area contributed by atoms with Crippen molar-refractivity contribution in [1.82, 2.24) is 10.6 Å². The van der Waals surface area contributed by atoms with Crippen LogP contribution in [-0.4, -0.2) is 47.9 Å². The fraction of sp³-hybridized carbons (Fsp3) is 0.526. The van der Waals surface area contributed by atoms with Crippen molar-refractivity contribution < 1.29 is 32.3 Å². The molecule has 0 radical (unpaired) electrons. The lowest BCUT2D eigenvalue weighted by molar-refractivity contribution is -0.147. The van der Waals surface area contributed by atoms with Crippen LogP contribution in [0.5, 0.6) is 0 Å². The summed E-state index contributed by atoms with van der Waals surface area (Å²) in [6.07, 6.45) is -5.39. The van der Waals surface area contributed by atoms with Crippen LogP contribution in [0.2, 0.25) is 0 Å². The van der Waals surface area contributed by atoms with Crippen molar-refractivity contribution in [3.63, 3.8) is 0 Å². The Hall–Kier alpha value is -2.43. The third kappa shape index (κ3) is 5.00. The molecule has 2 aliphatic heterocycles. The quantitative estimate of drug-likeness (QED) is 0.660. The first-order valence-electron chi connectivity index (χ1n) is 9.52. The molecule has 164 valence electrons. The van der Waals surface area contributed by atoms with E-state index in [9.17, 15) is 27.6 Å². The summed E-state index contributed by atoms with van der Waals surface area (Å²) in [5.41, 5.74) is 0.743. The lowest BCUT2D eigenvalue weighted by Crippen LogP contribution is -2.48. The Balaban J connectivity index is 1.72. The van der Waals surface area contributed by atoms with Gasteiger partial charge in [0.25, 0.3) is 0 Å². The van der Waals surface area contributed by atoms with Gasteiger partial charge in [0.15, 0.2) is 0 Å². The Labute approximate surface area is 175 Å². The zero-order valence-electron chi connectivity index (χ0n) is 16.1. The average molecular weight is 445 g/mol. The first-order chi connectivity index (χ1) is 14.2. The van der Waals surface area contributed by atoms with Crippen LogP contribution in [0.1, 0.15) is 31.2 Å². The van der Waals surface area contributed by atoms with Gasteiger partial charge in [0.1, 0.15) is 6.04 Å². The van der Waals surface area contributed by atoms with Gasteiger partial charge >= 0.3 is 12.3 Å². The highest BCUT2D eigenvalue weighted by Gasteiger charge is 2.46. The maximum atomic E-state index is 13.3. The number of rotatable bonds is 4. The highest BCUT2D eigenvalue weighted by molar-refractivity contribution is 8.00. The summed E-state index contributed by atoms with van der Waals surface area (Å²) in [6, 6.07) is 4.54. The van der Waals surface area contributed by atoms with E-state index >= 15 is 0 Å². The van der Waals surface area contributed by atoms with E-state index in [1.807, 2.05) is 0 Å². The van der Waals surface area contributed by atoms with E-state index < -0.39 is 53.8 Å². The number of alkyl halides is 3. The molecule has 7 nitrogen and oxygen atoms in total. The van der Waals surface area contributed by atoms with Gasteiger partial charge in [-0.3, -0.25) is 14.9 Å². The topological polar surface area (TPSA) is 96.5 Å². The normalized spacial score (nSPS) is 25.6. The molecule has 1 aromatic rings. The van der Waals surface area contributed by atoms with Crippen molar-refractivity contribution >= 4 is 35.4 Å². The monoisotopic (exact) mass is 445 g/mol. The molecule has 4 atom stereocenters. The lowest BCUT2D eigenvalue weighted by Gasteiger charge is -2.34. The molecule has 0 bridgehead atoms.